The third-order valence-electron chi connectivity index (χ3n) is 5.62. The van der Waals surface area contributed by atoms with Crippen molar-refractivity contribution in [2.75, 3.05) is 45.0 Å². The van der Waals surface area contributed by atoms with E-state index in [2.05, 4.69) is 0 Å². The molecular weight excluding hydrogens is 450 g/mol. The lowest BCUT2D eigenvalue weighted by Gasteiger charge is -2.33. The molecule has 0 aliphatic carbocycles. The molecule has 2 heterocycles. The van der Waals surface area contributed by atoms with Gasteiger partial charge in [-0.3, -0.25) is 0 Å². The Labute approximate surface area is 179 Å². The third-order valence-corrected chi connectivity index (χ3v) is 11.3. The van der Waals surface area contributed by atoms with E-state index >= 15 is 0 Å². The maximum absolute atomic E-state index is 12.9. The molecular formula is C18H29N3O6S3. The Bertz CT molecular complexity index is 1040. The van der Waals surface area contributed by atoms with Crippen molar-refractivity contribution in [2.24, 2.45) is 0 Å². The highest BCUT2D eigenvalue weighted by molar-refractivity contribution is 7.90. The van der Waals surface area contributed by atoms with Crippen molar-refractivity contribution in [1.82, 2.24) is 12.9 Å². The summed E-state index contributed by atoms with van der Waals surface area (Å²) in [5.41, 5.74) is 0. The highest BCUT2D eigenvalue weighted by Gasteiger charge is 2.33. The molecule has 1 aromatic carbocycles. The molecule has 0 atom stereocenters. The number of hydrogen-bond acceptors (Lipinski definition) is 6. The molecule has 2 fully saturated rings. The first-order chi connectivity index (χ1) is 14.1. The summed E-state index contributed by atoms with van der Waals surface area (Å²) in [4.78, 5) is 0.0892. The zero-order valence-corrected chi connectivity index (χ0v) is 19.6. The number of nitrogens with zero attached hydrogens (tertiary/aromatic N) is 3. The zero-order chi connectivity index (χ0) is 22.0. The van der Waals surface area contributed by atoms with Crippen LogP contribution in [-0.2, 0) is 30.1 Å². The van der Waals surface area contributed by atoms with Crippen molar-refractivity contribution in [3.8, 4) is 0 Å². The van der Waals surface area contributed by atoms with Gasteiger partial charge in [-0.1, -0.05) is 12.8 Å². The van der Waals surface area contributed by atoms with E-state index in [9.17, 15) is 25.3 Å². The van der Waals surface area contributed by atoms with Gasteiger partial charge in [0.2, 0.25) is 30.1 Å². The number of rotatable bonds is 6. The molecule has 2 aliphatic rings. The van der Waals surface area contributed by atoms with Crippen LogP contribution >= 0.6 is 0 Å². The predicted octanol–water partition coefficient (Wildman–Crippen LogP) is 0.907. The van der Waals surface area contributed by atoms with Crippen LogP contribution in [-0.4, -0.2) is 83.2 Å². The van der Waals surface area contributed by atoms with E-state index in [1.165, 1.54) is 37.2 Å². The summed E-state index contributed by atoms with van der Waals surface area (Å²) in [6.45, 7) is 2.86. The van der Waals surface area contributed by atoms with Gasteiger partial charge in [-0.15, -0.1) is 0 Å². The van der Waals surface area contributed by atoms with Gasteiger partial charge in [0.25, 0.3) is 0 Å². The first kappa shape index (κ1) is 23.6. The second-order valence-electron chi connectivity index (χ2n) is 7.49. The van der Waals surface area contributed by atoms with E-state index in [0.29, 0.717) is 13.1 Å². The standard InChI is InChI=1S/C18H29N3O6S3/c1-2-28(22,23)19-13-15-21(16-14-19)30(26,27)18-9-7-17(8-10-18)29(24,25)20-11-5-3-4-6-12-20/h7-10H,2-6,11-16H2,1H3. The molecule has 2 aliphatic heterocycles. The first-order valence-electron chi connectivity index (χ1n) is 10.2. The van der Waals surface area contributed by atoms with Crippen LogP contribution in [0.5, 0.6) is 0 Å². The van der Waals surface area contributed by atoms with Gasteiger partial charge in [-0.25, -0.2) is 25.3 Å². The van der Waals surface area contributed by atoms with Crippen LogP contribution in [0.1, 0.15) is 32.6 Å². The van der Waals surface area contributed by atoms with Crippen molar-refractivity contribution < 1.29 is 25.3 Å². The third kappa shape index (κ3) is 4.89. The van der Waals surface area contributed by atoms with Crippen molar-refractivity contribution in [1.29, 1.82) is 0 Å². The van der Waals surface area contributed by atoms with Gasteiger partial charge in [0, 0.05) is 39.3 Å². The van der Waals surface area contributed by atoms with Gasteiger partial charge in [0.05, 0.1) is 15.5 Å². The Morgan fingerprint density at radius 2 is 0.967 bits per heavy atom. The van der Waals surface area contributed by atoms with Crippen molar-refractivity contribution >= 4 is 30.1 Å². The quantitative estimate of drug-likeness (QED) is 0.599. The minimum absolute atomic E-state index is 0.00381. The Morgan fingerprint density at radius 3 is 1.37 bits per heavy atom. The molecule has 9 nitrogen and oxygen atoms in total. The second kappa shape index (κ2) is 9.21. The second-order valence-corrected chi connectivity index (χ2v) is 13.6. The number of piperazine rings is 1. The zero-order valence-electron chi connectivity index (χ0n) is 17.1. The molecule has 2 saturated heterocycles. The van der Waals surface area contributed by atoms with Crippen LogP contribution < -0.4 is 0 Å². The maximum Gasteiger partial charge on any atom is 0.243 e. The molecule has 0 unspecified atom stereocenters. The Kier molecular flexibility index (Phi) is 7.25. The van der Waals surface area contributed by atoms with E-state index in [-0.39, 0.29) is 41.7 Å². The molecule has 1 aromatic rings. The summed E-state index contributed by atoms with van der Waals surface area (Å²) in [7, 11) is -10.8. The van der Waals surface area contributed by atoms with Crippen LogP contribution in [0.2, 0.25) is 0 Å². The van der Waals surface area contributed by atoms with Crippen LogP contribution in [0.4, 0.5) is 0 Å². The van der Waals surface area contributed by atoms with E-state index in [4.69, 9.17) is 0 Å². The highest BCUT2D eigenvalue weighted by atomic mass is 32.2. The fraction of sp³-hybridized carbons (Fsp3) is 0.667. The molecule has 30 heavy (non-hydrogen) atoms. The topological polar surface area (TPSA) is 112 Å². The molecule has 170 valence electrons. The number of sulfonamides is 3. The molecule has 0 N–H and O–H groups in total. The van der Waals surface area contributed by atoms with E-state index in [0.717, 1.165) is 25.7 Å². The van der Waals surface area contributed by atoms with Crippen molar-refractivity contribution in [2.45, 2.75) is 42.4 Å². The summed E-state index contributed by atoms with van der Waals surface area (Å²) in [6.07, 6.45) is 3.67. The summed E-state index contributed by atoms with van der Waals surface area (Å²) in [6, 6.07) is 5.31. The minimum atomic E-state index is -3.83. The maximum atomic E-state index is 12.9. The predicted molar refractivity (Wildman–Crippen MR) is 113 cm³/mol. The Balaban J connectivity index is 1.74. The number of benzene rings is 1. The average Bonchev–Trinajstić information content (AvgIpc) is 3.04. The molecule has 0 amide bonds. The van der Waals surface area contributed by atoms with Gasteiger partial charge < -0.3 is 0 Å². The van der Waals surface area contributed by atoms with Gasteiger partial charge in [0.15, 0.2) is 0 Å². The van der Waals surface area contributed by atoms with Gasteiger partial charge in [0.1, 0.15) is 0 Å². The van der Waals surface area contributed by atoms with Crippen molar-refractivity contribution in [3.05, 3.63) is 24.3 Å². The smallest absolute Gasteiger partial charge is 0.212 e. The largest absolute Gasteiger partial charge is 0.243 e. The fourth-order valence-electron chi connectivity index (χ4n) is 3.73. The van der Waals surface area contributed by atoms with E-state index in [1.54, 1.807) is 6.92 Å². The normalized spacial score (nSPS) is 21.4. The molecule has 0 radical (unpaired) electrons. The van der Waals surface area contributed by atoms with Gasteiger partial charge in [-0.05, 0) is 44.0 Å². The molecule has 0 saturated carbocycles. The summed E-state index contributed by atoms with van der Waals surface area (Å²) < 4.78 is 79.5. The molecule has 3 rings (SSSR count). The van der Waals surface area contributed by atoms with Crippen LogP contribution in [0.25, 0.3) is 0 Å². The molecule has 0 aromatic heterocycles. The highest BCUT2D eigenvalue weighted by Crippen LogP contribution is 2.24. The minimum Gasteiger partial charge on any atom is -0.212 e. The summed E-state index contributed by atoms with van der Waals surface area (Å²) in [5, 5.41) is 0. The van der Waals surface area contributed by atoms with Gasteiger partial charge >= 0.3 is 0 Å². The van der Waals surface area contributed by atoms with Gasteiger partial charge in [-0.2, -0.15) is 12.9 Å². The Hall–Kier alpha value is -1.05. The van der Waals surface area contributed by atoms with Crippen LogP contribution in [0.3, 0.4) is 0 Å². The first-order valence-corrected chi connectivity index (χ1v) is 14.7. The summed E-state index contributed by atoms with van der Waals surface area (Å²) in [5.74, 6) is -0.0211. The van der Waals surface area contributed by atoms with E-state index in [1.807, 2.05) is 0 Å². The molecule has 0 bridgehead atoms. The van der Waals surface area contributed by atoms with Crippen LogP contribution in [0.15, 0.2) is 34.1 Å². The Morgan fingerprint density at radius 1 is 0.600 bits per heavy atom. The lowest BCUT2D eigenvalue weighted by Crippen LogP contribution is -2.50. The monoisotopic (exact) mass is 479 g/mol. The average molecular weight is 480 g/mol. The molecule has 0 spiro atoms. The lowest BCUT2D eigenvalue weighted by atomic mass is 10.2. The molecule has 12 heteroatoms. The lowest BCUT2D eigenvalue weighted by molar-refractivity contribution is 0.273. The van der Waals surface area contributed by atoms with E-state index < -0.39 is 30.1 Å². The fourth-order valence-corrected chi connectivity index (χ4v) is 7.76. The van der Waals surface area contributed by atoms with Crippen LogP contribution in [0, 0.1) is 0 Å². The SMILES string of the molecule is CCS(=O)(=O)N1CCN(S(=O)(=O)c2ccc(S(=O)(=O)N3CCCCCC3)cc2)CC1. The van der Waals surface area contributed by atoms with Crippen molar-refractivity contribution in [3.63, 3.8) is 0 Å². The summed E-state index contributed by atoms with van der Waals surface area (Å²) >= 11 is 0. The number of hydrogen-bond donors (Lipinski definition) is 0.